The fraction of sp³-hybridized carbons (Fsp3) is 0.780. The molecule has 3 fully saturated rings. The molecule has 0 aliphatic heterocycles. The van der Waals surface area contributed by atoms with Crippen molar-refractivity contribution in [2.75, 3.05) is 29.7 Å². The van der Waals surface area contributed by atoms with Crippen molar-refractivity contribution in [3.63, 3.8) is 0 Å². The number of aryl methyl sites for hydroxylation is 1. The highest BCUT2D eigenvalue weighted by Crippen LogP contribution is 2.67. The number of carboxylic acid groups (broad SMARTS) is 1. The maximum absolute atomic E-state index is 10.4. The summed E-state index contributed by atoms with van der Waals surface area (Å²) < 4.78 is 0. The highest BCUT2D eigenvalue weighted by atomic mass is 35.5. The van der Waals surface area contributed by atoms with Gasteiger partial charge in [0.2, 0.25) is 0 Å². The molecule has 0 bridgehead atoms. The Hall–Kier alpha value is -1.23. The van der Waals surface area contributed by atoms with Crippen molar-refractivity contribution in [3.05, 3.63) is 41.5 Å². The minimum Gasteiger partial charge on any atom is -0.481 e. The van der Waals surface area contributed by atoms with E-state index in [1.165, 1.54) is 57.8 Å². The van der Waals surface area contributed by atoms with Gasteiger partial charge in [-0.3, -0.25) is 4.79 Å². The number of benzene rings is 1. The Bertz CT molecular complexity index is 1150. The molecule has 266 valence electrons. The molecule has 0 saturated heterocycles. The highest BCUT2D eigenvalue weighted by Gasteiger charge is 2.59. The van der Waals surface area contributed by atoms with Gasteiger partial charge in [0.15, 0.2) is 0 Å². The van der Waals surface area contributed by atoms with Crippen molar-refractivity contribution in [2.24, 2.45) is 46.3 Å². The third-order valence-corrected chi connectivity index (χ3v) is 13.5. The molecule has 0 spiro atoms. The zero-order chi connectivity index (χ0) is 34.2. The largest absolute Gasteiger partial charge is 0.481 e. The maximum atomic E-state index is 10.4. The van der Waals surface area contributed by atoms with Gasteiger partial charge >= 0.3 is 5.97 Å². The molecule has 47 heavy (non-hydrogen) atoms. The van der Waals surface area contributed by atoms with Crippen LogP contribution < -0.4 is 4.90 Å². The topological polar surface area (TPSA) is 60.8 Å². The Morgan fingerprint density at radius 2 is 1.64 bits per heavy atom. The Kier molecular flexibility index (Phi) is 14.5. The Morgan fingerprint density at radius 1 is 0.936 bits per heavy atom. The van der Waals surface area contributed by atoms with Crippen molar-refractivity contribution < 1.29 is 15.0 Å². The second kappa shape index (κ2) is 17.6. The SMILES string of the molecule is CC(C)CCC[C@@H](C)[C@H]1CC[C@H]2[C@@H]3CC=C4C[C@@H](O)CC[C@]4(C)[C@H]3CC[C@]12C.O=C(O)CCCc1ccc(N(CCCl)CCCl)cc1. The number of rotatable bonds is 14. The van der Waals surface area contributed by atoms with E-state index in [1.807, 2.05) is 24.3 Å². The van der Waals surface area contributed by atoms with E-state index in [9.17, 15) is 9.90 Å². The summed E-state index contributed by atoms with van der Waals surface area (Å²) >= 11 is 11.5. The fourth-order valence-electron chi connectivity index (χ4n) is 10.6. The van der Waals surface area contributed by atoms with Crippen LogP contribution in [-0.4, -0.2) is 47.1 Å². The van der Waals surface area contributed by atoms with Gasteiger partial charge in [0.05, 0.1) is 6.10 Å². The van der Waals surface area contributed by atoms with Crippen molar-refractivity contribution >= 4 is 34.9 Å². The van der Waals surface area contributed by atoms with Gasteiger partial charge in [-0.15, -0.1) is 23.2 Å². The number of aliphatic hydroxyl groups excluding tert-OH is 1. The van der Waals surface area contributed by atoms with Crippen LogP contribution in [0.1, 0.15) is 124 Å². The van der Waals surface area contributed by atoms with E-state index < -0.39 is 5.97 Å². The number of hydrogen-bond acceptors (Lipinski definition) is 3. The number of aliphatic hydroxyl groups is 1. The second-order valence-corrected chi connectivity index (χ2v) is 17.2. The van der Waals surface area contributed by atoms with E-state index in [2.05, 4.69) is 45.6 Å². The molecular formula is C41H65Cl2NO3. The van der Waals surface area contributed by atoms with Gasteiger partial charge in [-0.25, -0.2) is 0 Å². The molecule has 2 N–H and O–H groups in total. The van der Waals surface area contributed by atoms with Gasteiger partial charge < -0.3 is 15.1 Å². The van der Waals surface area contributed by atoms with E-state index in [1.54, 1.807) is 5.57 Å². The minimum atomic E-state index is -0.743. The average Bonchev–Trinajstić information content (AvgIpc) is 3.39. The van der Waals surface area contributed by atoms with E-state index >= 15 is 0 Å². The van der Waals surface area contributed by atoms with Crippen LogP contribution in [0.2, 0.25) is 0 Å². The summed E-state index contributed by atoms with van der Waals surface area (Å²) in [6.45, 7) is 14.1. The molecule has 1 aromatic carbocycles. The molecule has 0 heterocycles. The Morgan fingerprint density at radius 3 is 2.28 bits per heavy atom. The lowest BCUT2D eigenvalue weighted by Gasteiger charge is -2.58. The third kappa shape index (κ3) is 9.52. The number of alkyl halides is 2. The van der Waals surface area contributed by atoms with E-state index in [4.69, 9.17) is 28.3 Å². The summed E-state index contributed by atoms with van der Waals surface area (Å²) in [6, 6.07) is 8.14. The van der Waals surface area contributed by atoms with Gasteiger partial charge in [-0.05, 0) is 128 Å². The molecule has 0 aromatic heterocycles. The number of fused-ring (bicyclic) bond motifs is 5. The van der Waals surface area contributed by atoms with Crippen molar-refractivity contribution in [2.45, 2.75) is 131 Å². The summed E-state index contributed by atoms with van der Waals surface area (Å²) in [5, 5.41) is 18.8. The van der Waals surface area contributed by atoms with Crippen LogP contribution in [0.4, 0.5) is 5.69 Å². The number of anilines is 1. The number of nitrogens with zero attached hydrogens (tertiary/aromatic N) is 1. The summed E-state index contributed by atoms with van der Waals surface area (Å²) in [5.41, 5.74) is 4.86. The summed E-state index contributed by atoms with van der Waals surface area (Å²) in [7, 11) is 0. The number of hydrogen-bond donors (Lipinski definition) is 2. The van der Waals surface area contributed by atoms with Gasteiger partial charge in [-0.1, -0.05) is 77.7 Å². The van der Waals surface area contributed by atoms with Gasteiger partial charge in [0.25, 0.3) is 0 Å². The molecule has 3 saturated carbocycles. The van der Waals surface area contributed by atoms with Crippen LogP contribution in [0, 0.1) is 46.3 Å². The first-order valence-corrected chi connectivity index (χ1v) is 20.0. The van der Waals surface area contributed by atoms with E-state index in [-0.39, 0.29) is 12.5 Å². The van der Waals surface area contributed by atoms with Crippen molar-refractivity contribution in [1.82, 2.24) is 0 Å². The molecule has 0 unspecified atom stereocenters. The highest BCUT2D eigenvalue weighted by molar-refractivity contribution is 6.18. The van der Waals surface area contributed by atoms with Crippen LogP contribution in [0.5, 0.6) is 0 Å². The molecule has 0 radical (unpaired) electrons. The molecule has 8 atom stereocenters. The Balaban J connectivity index is 0.000000231. The van der Waals surface area contributed by atoms with Crippen LogP contribution in [0.3, 0.4) is 0 Å². The number of carbonyl (C=O) groups is 1. The lowest BCUT2D eigenvalue weighted by molar-refractivity contribution is -0.137. The van der Waals surface area contributed by atoms with Crippen LogP contribution >= 0.6 is 23.2 Å². The van der Waals surface area contributed by atoms with Gasteiger partial charge in [0, 0.05) is 37.0 Å². The predicted octanol–water partition coefficient (Wildman–Crippen LogP) is 10.8. The summed E-state index contributed by atoms with van der Waals surface area (Å²) in [5.74, 6) is 5.85. The monoisotopic (exact) mass is 689 g/mol. The smallest absolute Gasteiger partial charge is 0.303 e. The molecule has 4 nitrogen and oxygen atoms in total. The third-order valence-electron chi connectivity index (χ3n) is 13.1. The average molecular weight is 691 g/mol. The van der Waals surface area contributed by atoms with Gasteiger partial charge in [-0.2, -0.15) is 0 Å². The van der Waals surface area contributed by atoms with Crippen molar-refractivity contribution in [3.8, 4) is 0 Å². The quantitative estimate of drug-likeness (QED) is 0.151. The second-order valence-electron chi connectivity index (χ2n) is 16.5. The molecule has 4 aliphatic rings. The normalized spacial score (nSPS) is 31.9. The van der Waals surface area contributed by atoms with E-state index in [0.717, 1.165) is 79.1 Å². The lowest BCUT2D eigenvalue weighted by Crippen LogP contribution is -2.50. The number of halogens is 2. The van der Waals surface area contributed by atoms with E-state index in [0.29, 0.717) is 29.0 Å². The molecule has 4 aliphatic carbocycles. The van der Waals surface area contributed by atoms with Gasteiger partial charge in [0.1, 0.15) is 0 Å². The molecule has 0 amide bonds. The number of aliphatic carboxylic acids is 1. The Labute approximate surface area is 297 Å². The zero-order valence-electron chi connectivity index (χ0n) is 30.2. The van der Waals surface area contributed by atoms with Crippen LogP contribution in [0.15, 0.2) is 35.9 Å². The molecular weight excluding hydrogens is 625 g/mol. The molecule has 5 rings (SSSR count). The zero-order valence-corrected chi connectivity index (χ0v) is 31.7. The maximum Gasteiger partial charge on any atom is 0.303 e. The first-order chi connectivity index (χ1) is 22.4. The fourth-order valence-corrected chi connectivity index (χ4v) is 11.0. The van der Waals surface area contributed by atoms with Crippen molar-refractivity contribution in [1.29, 1.82) is 0 Å². The minimum absolute atomic E-state index is 0.0766. The first-order valence-electron chi connectivity index (χ1n) is 19.0. The molecule has 6 heteroatoms. The predicted molar refractivity (Wildman–Crippen MR) is 200 cm³/mol. The lowest BCUT2D eigenvalue weighted by atomic mass is 9.47. The standard InChI is InChI=1S/C27H46O.C14H19Cl2NO2/c1-18(2)7-6-8-19(3)23-11-12-24-22-10-9-20-17-21(28)13-15-26(20,4)25(22)14-16-27(23,24)5;15-8-10-17(11-9-16)13-6-4-12(5-7-13)2-1-3-14(18)19/h9,18-19,21-25,28H,6-8,10-17H2,1-5H3;4-7H,1-3,8-11H2,(H,18,19)/t19-,21+,22+,23-,24+,25+,26+,27-;/m1./s1. The first kappa shape index (κ1) is 38.6. The number of carboxylic acids is 1. The summed E-state index contributed by atoms with van der Waals surface area (Å²) in [6.07, 6.45) is 18.8. The van der Waals surface area contributed by atoms with Crippen LogP contribution in [0.25, 0.3) is 0 Å². The number of allylic oxidation sites excluding steroid dienone is 1. The molecule has 1 aromatic rings. The van der Waals surface area contributed by atoms with Crippen LogP contribution in [-0.2, 0) is 11.2 Å². The summed E-state index contributed by atoms with van der Waals surface area (Å²) in [4.78, 5) is 12.6.